The summed E-state index contributed by atoms with van der Waals surface area (Å²) in [6, 6.07) is 0. The third-order valence-corrected chi connectivity index (χ3v) is 4.02. The molecule has 13 heavy (non-hydrogen) atoms. The molecule has 3 unspecified atom stereocenters. The highest BCUT2D eigenvalue weighted by atomic mass is 15.2. The lowest BCUT2D eigenvalue weighted by molar-refractivity contribution is 0.0404. The smallest absolute Gasteiger partial charge is 0.0354 e. The molecule has 0 radical (unpaired) electrons. The number of piperidine rings is 2. The SMILES string of the molecule is CNC1(CN)CCN2CCCC1C2. The van der Waals surface area contributed by atoms with Gasteiger partial charge in [0.2, 0.25) is 0 Å². The minimum absolute atomic E-state index is 0.247. The average Bonchev–Trinajstić information content (AvgIpc) is 2.20. The molecule has 2 aliphatic rings. The fourth-order valence-electron chi connectivity index (χ4n) is 2.97. The van der Waals surface area contributed by atoms with Crippen molar-refractivity contribution in [2.75, 3.05) is 33.2 Å². The molecule has 0 saturated carbocycles. The van der Waals surface area contributed by atoms with E-state index in [9.17, 15) is 0 Å². The predicted octanol–water partition coefficient (Wildman–Crippen LogP) is 0.0190. The summed E-state index contributed by atoms with van der Waals surface area (Å²) in [7, 11) is 2.07. The second-order valence-electron chi connectivity index (χ2n) is 4.50. The van der Waals surface area contributed by atoms with Gasteiger partial charge < -0.3 is 16.0 Å². The molecule has 0 aromatic heterocycles. The van der Waals surface area contributed by atoms with Crippen molar-refractivity contribution in [3.05, 3.63) is 0 Å². The van der Waals surface area contributed by atoms with Crippen molar-refractivity contribution < 1.29 is 0 Å². The number of hydrogen-bond donors (Lipinski definition) is 2. The third kappa shape index (κ3) is 1.49. The molecule has 2 saturated heterocycles. The van der Waals surface area contributed by atoms with Gasteiger partial charge in [0, 0.05) is 18.6 Å². The molecule has 0 spiro atoms. The Morgan fingerprint density at radius 3 is 3.08 bits per heavy atom. The Balaban J connectivity index is 2.11. The minimum Gasteiger partial charge on any atom is -0.329 e. The third-order valence-electron chi connectivity index (χ3n) is 4.02. The lowest BCUT2D eigenvalue weighted by Gasteiger charge is -2.50. The van der Waals surface area contributed by atoms with Gasteiger partial charge in [0.05, 0.1) is 0 Å². The number of nitrogens with zero attached hydrogens (tertiary/aromatic N) is 1. The summed E-state index contributed by atoms with van der Waals surface area (Å²) in [6.07, 6.45) is 3.94. The first-order chi connectivity index (χ1) is 6.30. The molecular formula is C10H21N3. The molecule has 2 fully saturated rings. The first-order valence-electron chi connectivity index (χ1n) is 5.42. The van der Waals surface area contributed by atoms with E-state index in [0.717, 1.165) is 12.5 Å². The lowest BCUT2D eigenvalue weighted by Crippen LogP contribution is -2.64. The summed E-state index contributed by atoms with van der Waals surface area (Å²) in [5.74, 6) is 0.782. The summed E-state index contributed by atoms with van der Waals surface area (Å²) in [4.78, 5) is 2.58. The predicted molar refractivity (Wildman–Crippen MR) is 54.6 cm³/mol. The molecule has 3 atom stereocenters. The minimum atomic E-state index is 0.247. The lowest BCUT2D eigenvalue weighted by atomic mass is 9.73. The van der Waals surface area contributed by atoms with E-state index in [1.165, 1.54) is 38.9 Å². The maximum Gasteiger partial charge on any atom is 0.0354 e. The van der Waals surface area contributed by atoms with Gasteiger partial charge in [-0.3, -0.25) is 0 Å². The Hall–Kier alpha value is -0.120. The van der Waals surface area contributed by atoms with E-state index in [4.69, 9.17) is 5.73 Å². The Labute approximate surface area is 80.7 Å². The van der Waals surface area contributed by atoms with Crippen molar-refractivity contribution in [3.8, 4) is 0 Å². The van der Waals surface area contributed by atoms with Crippen LogP contribution in [0.1, 0.15) is 19.3 Å². The van der Waals surface area contributed by atoms with Crippen LogP contribution in [0.5, 0.6) is 0 Å². The van der Waals surface area contributed by atoms with Crippen molar-refractivity contribution in [2.45, 2.75) is 24.8 Å². The van der Waals surface area contributed by atoms with Gasteiger partial charge in [-0.25, -0.2) is 0 Å². The molecule has 3 heteroatoms. The molecule has 2 rings (SSSR count). The van der Waals surface area contributed by atoms with Crippen LogP contribution in [0.25, 0.3) is 0 Å². The van der Waals surface area contributed by atoms with Crippen LogP contribution in [0.15, 0.2) is 0 Å². The van der Waals surface area contributed by atoms with Crippen LogP contribution in [-0.2, 0) is 0 Å². The Morgan fingerprint density at radius 2 is 2.38 bits per heavy atom. The van der Waals surface area contributed by atoms with Crippen LogP contribution in [0, 0.1) is 5.92 Å². The van der Waals surface area contributed by atoms with E-state index in [1.54, 1.807) is 0 Å². The van der Waals surface area contributed by atoms with Gasteiger partial charge in [0.1, 0.15) is 0 Å². The number of likely N-dealkylation sites (N-methyl/N-ethyl adjacent to an activating group) is 1. The van der Waals surface area contributed by atoms with Crippen molar-refractivity contribution in [3.63, 3.8) is 0 Å². The van der Waals surface area contributed by atoms with Gasteiger partial charge in [-0.05, 0) is 45.3 Å². The highest BCUT2D eigenvalue weighted by Crippen LogP contribution is 2.33. The fraction of sp³-hybridized carbons (Fsp3) is 1.00. The number of nitrogens with one attached hydrogen (secondary N) is 1. The van der Waals surface area contributed by atoms with Gasteiger partial charge in [-0.1, -0.05) is 0 Å². The second-order valence-corrected chi connectivity index (χ2v) is 4.50. The van der Waals surface area contributed by atoms with Crippen molar-refractivity contribution in [1.82, 2.24) is 10.2 Å². The van der Waals surface area contributed by atoms with Crippen LogP contribution in [0.4, 0.5) is 0 Å². The number of fused-ring (bicyclic) bond motifs is 2. The van der Waals surface area contributed by atoms with E-state index in [-0.39, 0.29) is 5.54 Å². The van der Waals surface area contributed by atoms with E-state index in [1.807, 2.05) is 0 Å². The largest absolute Gasteiger partial charge is 0.329 e. The van der Waals surface area contributed by atoms with Crippen LogP contribution in [0.3, 0.4) is 0 Å². The molecule has 0 aromatic rings. The molecule has 76 valence electrons. The van der Waals surface area contributed by atoms with Gasteiger partial charge >= 0.3 is 0 Å². The zero-order chi connectivity index (χ0) is 9.31. The first-order valence-corrected chi connectivity index (χ1v) is 5.42. The van der Waals surface area contributed by atoms with Crippen molar-refractivity contribution >= 4 is 0 Å². The molecule has 0 aliphatic carbocycles. The summed E-state index contributed by atoms with van der Waals surface area (Å²) < 4.78 is 0. The number of rotatable bonds is 2. The Kier molecular flexibility index (Phi) is 2.58. The van der Waals surface area contributed by atoms with Gasteiger partial charge in [-0.2, -0.15) is 0 Å². The molecule has 2 aliphatic heterocycles. The second kappa shape index (κ2) is 3.56. The normalized spacial score (nSPS) is 44.8. The Morgan fingerprint density at radius 1 is 1.54 bits per heavy atom. The Bertz CT molecular complexity index is 177. The monoisotopic (exact) mass is 183 g/mol. The molecular weight excluding hydrogens is 162 g/mol. The van der Waals surface area contributed by atoms with Gasteiger partial charge in [0.25, 0.3) is 0 Å². The standard InChI is InChI=1S/C10H21N3/c1-12-10(8-11)4-6-13-5-2-3-9(10)7-13/h9,12H,2-8,11H2,1H3. The summed E-state index contributed by atoms with van der Waals surface area (Å²) in [5.41, 5.74) is 6.15. The highest BCUT2D eigenvalue weighted by molar-refractivity contribution is 5.01. The zero-order valence-electron chi connectivity index (χ0n) is 8.55. The average molecular weight is 183 g/mol. The van der Waals surface area contributed by atoms with E-state index >= 15 is 0 Å². The summed E-state index contributed by atoms with van der Waals surface area (Å²) >= 11 is 0. The topological polar surface area (TPSA) is 41.3 Å². The molecule has 3 N–H and O–H groups in total. The maximum absolute atomic E-state index is 5.90. The summed E-state index contributed by atoms with van der Waals surface area (Å²) in [5, 5.41) is 3.47. The molecule has 3 nitrogen and oxygen atoms in total. The van der Waals surface area contributed by atoms with Crippen molar-refractivity contribution in [1.29, 1.82) is 0 Å². The van der Waals surface area contributed by atoms with Crippen LogP contribution >= 0.6 is 0 Å². The maximum atomic E-state index is 5.90. The van der Waals surface area contributed by atoms with Gasteiger partial charge in [-0.15, -0.1) is 0 Å². The van der Waals surface area contributed by atoms with E-state index in [0.29, 0.717) is 0 Å². The number of nitrogens with two attached hydrogens (primary N) is 1. The van der Waals surface area contributed by atoms with Crippen molar-refractivity contribution in [2.24, 2.45) is 11.7 Å². The van der Waals surface area contributed by atoms with E-state index in [2.05, 4.69) is 17.3 Å². The fourth-order valence-corrected chi connectivity index (χ4v) is 2.97. The van der Waals surface area contributed by atoms with Gasteiger partial charge in [0.15, 0.2) is 0 Å². The van der Waals surface area contributed by atoms with Crippen LogP contribution < -0.4 is 11.1 Å². The molecule has 2 heterocycles. The quantitative estimate of drug-likeness (QED) is 0.634. The first kappa shape index (κ1) is 9.44. The van der Waals surface area contributed by atoms with E-state index < -0.39 is 0 Å². The highest BCUT2D eigenvalue weighted by Gasteiger charge is 2.42. The number of hydrogen-bond acceptors (Lipinski definition) is 3. The van der Waals surface area contributed by atoms with Crippen LogP contribution in [-0.4, -0.2) is 43.7 Å². The van der Waals surface area contributed by atoms with Crippen LogP contribution in [0.2, 0.25) is 0 Å². The molecule has 0 amide bonds. The molecule has 2 bridgehead atoms. The summed E-state index contributed by atoms with van der Waals surface area (Å²) in [6.45, 7) is 4.59. The zero-order valence-corrected chi connectivity index (χ0v) is 8.55. The molecule has 0 aromatic carbocycles.